The van der Waals surface area contributed by atoms with Crippen LogP contribution in [0.3, 0.4) is 0 Å². The lowest BCUT2D eigenvalue weighted by atomic mass is 10.1. The van der Waals surface area contributed by atoms with Gasteiger partial charge in [0.15, 0.2) is 35.4 Å². The fraction of sp³-hybridized carbons (Fsp3) is 0.500. The Kier molecular flexibility index (Phi) is 9.69. The smallest absolute Gasteiger partial charge is 0.387 e. The molecule has 10 unspecified atom stereocenters. The van der Waals surface area contributed by atoms with Gasteiger partial charge in [-0.05, 0) is 0 Å². The molecule has 2 fully saturated rings. The molecule has 2 radical (unpaired) electrons. The van der Waals surface area contributed by atoms with E-state index in [0.29, 0.717) is 0 Å². The van der Waals surface area contributed by atoms with E-state index in [4.69, 9.17) is 28.5 Å². The Bertz CT molecular complexity index is 1870. The van der Waals surface area contributed by atoms with E-state index >= 15 is 0 Å². The number of imidazole rings is 2. The Morgan fingerprint density at radius 3 is 1.47 bits per heavy atom. The third-order valence-corrected chi connectivity index (χ3v) is 11.7. The number of aromatic nitrogens is 8. The average molecular weight is 750 g/mol. The van der Waals surface area contributed by atoms with Gasteiger partial charge in [0.05, 0.1) is 25.9 Å². The van der Waals surface area contributed by atoms with Crippen LogP contribution in [0.15, 0.2) is 25.3 Å². The van der Waals surface area contributed by atoms with Crippen LogP contribution >= 0.6 is 23.1 Å². The number of nitrogens with zero attached hydrogens (tertiary/aromatic N) is 8. The third-order valence-electron chi connectivity index (χ3n) is 7.23. The highest BCUT2D eigenvalue weighted by Crippen LogP contribution is 2.67. The van der Waals surface area contributed by atoms with Crippen molar-refractivity contribution in [2.45, 2.75) is 49.1 Å². The first kappa shape index (κ1) is 35.8. The van der Waals surface area contributed by atoms with Crippen LogP contribution in [0.1, 0.15) is 12.5 Å². The molecule has 49 heavy (non-hydrogen) atoms. The Hall–Kier alpha value is -3.03. The minimum Gasteiger partial charge on any atom is -0.387 e. The van der Waals surface area contributed by atoms with Gasteiger partial charge in [-0.1, -0.05) is 0 Å². The first-order valence-electron chi connectivity index (χ1n) is 13.6. The zero-order valence-corrected chi connectivity index (χ0v) is 27.0. The normalized spacial score (nSPS) is 31.1. The predicted molar refractivity (Wildman–Crippen MR) is 158 cm³/mol. The Balaban J connectivity index is 1.03. The highest BCUT2D eigenvalue weighted by Gasteiger charge is 2.48. The molecule has 0 aliphatic carbocycles. The van der Waals surface area contributed by atoms with Crippen molar-refractivity contribution in [3.05, 3.63) is 25.3 Å². The number of anilines is 2. The van der Waals surface area contributed by atoms with Gasteiger partial charge in [0.25, 0.3) is 7.47 Å². The lowest BCUT2D eigenvalue weighted by molar-refractivity contribution is -0.0507. The Morgan fingerprint density at radius 1 is 0.694 bits per heavy atom. The molecular formula is C20H26BN10O15P3. The van der Waals surface area contributed by atoms with E-state index in [0.717, 1.165) is 12.7 Å². The van der Waals surface area contributed by atoms with Crippen molar-refractivity contribution in [1.29, 1.82) is 0 Å². The molecule has 4 aromatic rings. The van der Waals surface area contributed by atoms with Crippen molar-refractivity contribution in [3.63, 3.8) is 0 Å². The molecule has 2 aliphatic rings. The minimum absolute atomic E-state index is 0.0276. The van der Waals surface area contributed by atoms with E-state index in [1.807, 2.05) is 0 Å². The summed E-state index contributed by atoms with van der Waals surface area (Å²) in [6.45, 7) is -1.93. The average Bonchev–Trinajstić information content (AvgIpc) is 3.77. The van der Waals surface area contributed by atoms with Gasteiger partial charge in [-0.25, -0.2) is 47.7 Å². The number of hydrogen-bond donors (Lipinski definition) is 8. The molecule has 25 nitrogen and oxygen atoms in total. The molecule has 10 N–H and O–H groups in total. The number of nitrogen functional groups attached to an aromatic ring is 2. The summed E-state index contributed by atoms with van der Waals surface area (Å²) in [5.74, 6) is 0.0552. The maximum absolute atomic E-state index is 12.6. The topological polar surface area (TPSA) is 367 Å². The number of nitrogens with two attached hydrogens (primary N) is 2. The van der Waals surface area contributed by atoms with Crippen LogP contribution in [0.5, 0.6) is 0 Å². The highest BCUT2D eigenvalue weighted by molar-refractivity contribution is 7.86. The molecule has 6 rings (SSSR count). The zero-order chi connectivity index (χ0) is 35.5. The first-order valence-corrected chi connectivity index (χ1v) is 18.2. The van der Waals surface area contributed by atoms with E-state index < -0.39 is 85.4 Å². The van der Waals surface area contributed by atoms with Crippen LogP contribution in [0, 0.1) is 0 Å². The molecule has 0 aromatic carbocycles. The van der Waals surface area contributed by atoms with E-state index in [9.17, 15) is 43.9 Å². The molecule has 2 aliphatic heterocycles. The van der Waals surface area contributed by atoms with Crippen molar-refractivity contribution in [2.75, 3.05) is 24.7 Å². The maximum Gasteiger partial charge on any atom is 0.478 e. The highest BCUT2D eigenvalue weighted by atomic mass is 31.3. The molecule has 29 heteroatoms. The largest absolute Gasteiger partial charge is 0.478 e. The molecular weight excluding hydrogens is 724 g/mol. The van der Waals surface area contributed by atoms with Crippen LogP contribution < -0.4 is 11.5 Å². The molecule has 0 saturated carbocycles. The number of aliphatic hydroxyl groups is 4. The van der Waals surface area contributed by atoms with Gasteiger partial charge in [-0.15, -0.1) is 0 Å². The van der Waals surface area contributed by atoms with Gasteiger partial charge < -0.3 is 51.2 Å². The number of aliphatic hydroxyl groups excluding tert-OH is 4. The van der Waals surface area contributed by atoms with Gasteiger partial charge in [0, 0.05) is 0 Å². The Labute approximate surface area is 273 Å². The molecule has 4 aromatic heterocycles. The summed E-state index contributed by atoms with van der Waals surface area (Å²) in [4.78, 5) is 43.8. The Morgan fingerprint density at radius 2 is 1.08 bits per heavy atom. The number of ether oxygens (including phenoxy) is 2. The van der Waals surface area contributed by atoms with E-state index in [2.05, 4.69) is 47.6 Å². The standard InChI is InChI=1S/C20H26BN10O15P3/c21-47(36,45-48(37,38)41-1-7-11(32)13(34)19(43-7)30-5-28-9-15(22)24-3-26-17(9)30)46-49(39,40)42-2-8-12(33)14(35)20(44-8)31-6-29-10-16(23)25-4-27-18(10)31/h3-8,11-14,19-20,32-35H,1-2H2,(H,37,38)(H,39,40)(H2,22,24,26)(H2,23,25,27). The SMILES string of the molecule is [B]P(=O)(OP(=O)(O)OCC1OC(n2cnc3c(N)ncnc32)C(O)C1O)OP(=O)(O)OCC1OC(n2cnc3c(N)ncnc32)C(O)C1O. The lowest BCUT2D eigenvalue weighted by Crippen LogP contribution is -2.33. The van der Waals surface area contributed by atoms with Crippen molar-refractivity contribution in [2.24, 2.45) is 0 Å². The summed E-state index contributed by atoms with van der Waals surface area (Å²) >= 11 is 0. The quantitative estimate of drug-likeness (QED) is 0.0553. The van der Waals surface area contributed by atoms with Crippen LogP contribution in [-0.4, -0.2) is 127 Å². The molecule has 264 valence electrons. The van der Waals surface area contributed by atoms with Gasteiger partial charge in [0.1, 0.15) is 60.3 Å². The number of phosphoric acid groups is 2. The van der Waals surface area contributed by atoms with E-state index in [-0.39, 0.29) is 34.0 Å². The van der Waals surface area contributed by atoms with Crippen LogP contribution in [0.2, 0.25) is 0 Å². The summed E-state index contributed by atoms with van der Waals surface area (Å²) in [6, 6.07) is 0. The number of rotatable bonds is 12. The van der Waals surface area contributed by atoms with Gasteiger partial charge in [0.2, 0.25) is 7.57 Å². The van der Waals surface area contributed by atoms with E-state index in [1.165, 1.54) is 21.8 Å². The molecule has 0 bridgehead atoms. The maximum atomic E-state index is 12.6. The summed E-state index contributed by atoms with van der Waals surface area (Å²) in [6.07, 6.45) is -7.67. The second-order valence-corrected chi connectivity index (χ2v) is 15.3. The van der Waals surface area contributed by atoms with Crippen molar-refractivity contribution in [3.8, 4) is 0 Å². The molecule has 10 atom stereocenters. The minimum atomic E-state index is -5.50. The molecule has 2 saturated heterocycles. The fourth-order valence-electron chi connectivity index (χ4n) is 4.99. The van der Waals surface area contributed by atoms with Crippen molar-refractivity contribution >= 4 is 64.6 Å². The van der Waals surface area contributed by atoms with Crippen LogP contribution in [-0.2, 0) is 40.8 Å². The third kappa shape index (κ3) is 7.26. The molecule has 0 spiro atoms. The summed E-state index contributed by atoms with van der Waals surface area (Å²) < 4.78 is 69.0. The van der Waals surface area contributed by atoms with Crippen LogP contribution in [0.25, 0.3) is 22.3 Å². The van der Waals surface area contributed by atoms with Gasteiger partial charge in [-0.2, -0.15) is 0 Å². The summed E-state index contributed by atoms with van der Waals surface area (Å²) in [5.41, 5.74) is 12.1. The van der Waals surface area contributed by atoms with Gasteiger partial charge in [-0.3, -0.25) is 22.7 Å². The van der Waals surface area contributed by atoms with E-state index in [1.54, 1.807) is 0 Å². The monoisotopic (exact) mass is 750 g/mol. The fourth-order valence-corrected chi connectivity index (χ4v) is 8.73. The summed E-state index contributed by atoms with van der Waals surface area (Å²) in [7, 11) is -11.2. The summed E-state index contributed by atoms with van der Waals surface area (Å²) in [5, 5.41) is 41.9. The van der Waals surface area contributed by atoms with Crippen molar-refractivity contribution in [1.82, 2.24) is 39.0 Å². The lowest BCUT2D eigenvalue weighted by Gasteiger charge is -2.22. The first-order chi connectivity index (χ1) is 23.0. The zero-order valence-electron chi connectivity index (χ0n) is 24.4. The van der Waals surface area contributed by atoms with Crippen molar-refractivity contribution < 1.29 is 71.1 Å². The predicted octanol–water partition coefficient (Wildman–Crippen LogP) is -2.39. The second-order valence-electron chi connectivity index (χ2n) is 10.5. The second kappa shape index (κ2) is 13.3. The molecule has 6 heterocycles. The van der Waals surface area contributed by atoms with Crippen LogP contribution in [0.4, 0.5) is 11.6 Å². The molecule has 0 amide bonds. The number of phosphoric ester groups is 2. The number of hydrogen-bond acceptors (Lipinski definition) is 21. The van der Waals surface area contributed by atoms with Gasteiger partial charge >= 0.3 is 15.6 Å². The number of fused-ring (bicyclic) bond motifs is 2.